The van der Waals surface area contributed by atoms with E-state index in [4.69, 9.17) is 0 Å². The lowest BCUT2D eigenvalue weighted by molar-refractivity contribution is -0.124. The van der Waals surface area contributed by atoms with E-state index in [1.54, 1.807) is 0 Å². The summed E-state index contributed by atoms with van der Waals surface area (Å²) in [5.74, 6) is -0.0357. The number of para-hydroxylation sites is 1. The molecule has 3 N–H and O–H groups in total. The lowest BCUT2D eigenvalue weighted by Crippen LogP contribution is -2.47. The van der Waals surface area contributed by atoms with Gasteiger partial charge < -0.3 is 15.7 Å². The van der Waals surface area contributed by atoms with E-state index in [9.17, 15) is 9.90 Å². The van der Waals surface area contributed by atoms with Gasteiger partial charge in [0.1, 0.15) is 0 Å². The molecule has 1 saturated carbocycles. The van der Waals surface area contributed by atoms with Gasteiger partial charge in [-0.15, -0.1) is 0 Å². The Hall–Kier alpha value is -1.55. The summed E-state index contributed by atoms with van der Waals surface area (Å²) in [6, 6.07) is 7.92. The molecule has 1 aliphatic heterocycles. The molecule has 0 radical (unpaired) electrons. The van der Waals surface area contributed by atoms with Crippen LogP contribution in [0.2, 0.25) is 0 Å². The summed E-state index contributed by atoms with van der Waals surface area (Å²) in [5.41, 5.74) is 2.13. The quantitative estimate of drug-likeness (QED) is 0.773. The van der Waals surface area contributed by atoms with Gasteiger partial charge in [-0.05, 0) is 30.9 Å². The zero-order valence-corrected chi connectivity index (χ0v) is 11.6. The number of amides is 1. The maximum Gasteiger partial charge on any atom is 0.227 e. The number of benzene rings is 1. The van der Waals surface area contributed by atoms with Crippen LogP contribution in [0.25, 0.3) is 0 Å². The highest BCUT2D eigenvalue weighted by atomic mass is 16.3. The van der Waals surface area contributed by atoms with E-state index in [0.29, 0.717) is 0 Å². The van der Waals surface area contributed by atoms with Gasteiger partial charge in [-0.3, -0.25) is 4.79 Å². The summed E-state index contributed by atoms with van der Waals surface area (Å²) < 4.78 is 0. The Morgan fingerprint density at radius 3 is 2.85 bits per heavy atom. The van der Waals surface area contributed by atoms with Gasteiger partial charge in [0.05, 0.1) is 18.1 Å². The van der Waals surface area contributed by atoms with Crippen LogP contribution in [0.4, 0.5) is 5.69 Å². The fourth-order valence-electron chi connectivity index (χ4n) is 3.30. The first-order chi connectivity index (χ1) is 9.75. The van der Waals surface area contributed by atoms with Crippen molar-refractivity contribution in [3.8, 4) is 0 Å². The average molecular weight is 274 g/mol. The van der Waals surface area contributed by atoms with Crippen molar-refractivity contribution in [3.63, 3.8) is 0 Å². The van der Waals surface area contributed by atoms with E-state index in [1.165, 1.54) is 0 Å². The third-order valence-electron chi connectivity index (χ3n) is 4.46. The summed E-state index contributed by atoms with van der Waals surface area (Å²) >= 11 is 0. The molecule has 1 heterocycles. The van der Waals surface area contributed by atoms with Crippen LogP contribution in [-0.4, -0.2) is 29.7 Å². The third-order valence-corrected chi connectivity index (χ3v) is 4.46. The van der Waals surface area contributed by atoms with Crippen molar-refractivity contribution in [2.45, 2.75) is 50.2 Å². The predicted molar refractivity (Wildman–Crippen MR) is 78.7 cm³/mol. The van der Waals surface area contributed by atoms with Gasteiger partial charge in [0.15, 0.2) is 0 Å². The number of anilines is 1. The van der Waals surface area contributed by atoms with Gasteiger partial charge in [-0.2, -0.15) is 0 Å². The topological polar surface area (TPSA) is 61.4 Å². The number of aliphatic hydroxyl groups is 1. The van der Waals surface area contributed by atoms with Gasteiger partial charge in [0.25, 0.3) is 0 Å². The molecule has 1 aliphatic carbocycles. The van der Waals surface area contributed by atoms with E-state index < -0.39 is 0 Å². The minimum atomic E-state index is -0.385. The zero-order chi connectivity index (χ0) is 13.9. The number of fused-ring (bicyclic) bond motifs is 1. The number of carbonyl (C=O) groups excluding carboxylic acids is 1. The minimum Gasteiger partial charge on any atom is -0.391 e. The van der Waals surface area contributed by atoms with E-state index in [0.717, 1.165) is 49.9 Å². The summed E-state index contributed by atoms with van der Waals surface area (Å²) in [7, 11) is 0. The van der Waals surface area contributed by atoms with Crippen LogP contribution in [0.1, 0.15) is 43.6 Å². The second kappa shape index (κ2) is 5.83. The molecule has 4 nitrogen and oxygen atoms in total. The van der Waals surface area contributed by atoms with Crippen molar-refractivity contribution in [2.75, 3.05) is 11.9 Å². The second-order valence-electron chi connectivity index (χ2n) is 5.82. The second-order valence-corrected chi connectivity index (χ2v) is 5.82. The number of rotatable bonds is 2. The molecule has 1 unspecified atom stereocenters. The van der Waals surface area contributed by atoms with Crippen LogP contribution in [0.15, 0.2) is 24.3 Å². The molecule has 2 aliphatic rings. The van der Waals surface area contributed by atoms with Crippen molar-refractivity contribution >= 4 is 11.6 Å². The minimum absolute atomic E-state index is 0.0601. The molecule has 1 aromatic rings. The smallest absolute Gasteiger partial charge is 0.227 e. The molecule has 0 aromatic heterocycles. The Morgan fingerprint density at radius 2 is 2.00 bits per heavy atom. The summed E-state index contributed by atoms with van der Waals surface area (Å²) in [6.07, 6.45) is 4.26. The number of hydrogen-bond donors (Lipinski definition) is 3. The Bertz CT molecular complexity index is 489. The summed E-state index contributed by atoms with van der Waals surface area (Å²) in [4.78, 5) is 12.5. The van der Waals surface area contributed by atoms with Crippen LogP contribution in [0.3, 0.4) is 0 Å². The van der Waals surface area contributed by atoms with E-state index in [-0.39, 0.29) is 24.0 Å². The largest absolute Gasteiger partial charge is 0.391 e. The number of aliphatic hydroxyl groups excluding tert-OH is 1. The van der Waals surface area contributed by atoms with Gasteiger partial charge in [-0.1, -0.05) is 31.0 Å². The third kappa shape index (κ3) is 2.66. The van der Waals surface area contributed by atoms with Crippen molar-refractivity contribution < 1.29 is 9.90 Å². The van der Waals surface area contributed by atoms with Crippen molar-refractivity contribution in [1.82, 2.24) is 5.32 Å². The molecule has 1 amide bonds. The average Bonchev–Trinajstić information content (AvgIpc) is 2.49. The maximum atomic E-state index is 12.5. The van der Waals surface area contributed by atoms with Crippen molar-refractivity contribution in [3.05, 3.63) is 29.8 Å². The Balaban J connectivity index is 1.72. The molecule has 0 bridgehead atoms. The maximum absolute atomic E-state index is 12.5. The van der Waals surface area contributed by atoms with Crippen molar-refractivity contribution in [1.29, 1.82) is 0 Å². The Morgan fingerprint density at radius 1 is 1.20 bits per heavy atom. The van der Waals surface area contributed by atoms with Crippen LogP contribution in [0.5, 0.6) is 0 Å². The molecule has 3 atom stereocenters. The highest BCUT2D eigenvalue weighted by molar-refractivity contribution is 5.86. The fraction of sp³-hybridized carbons (Fsp3) is 0.562. The van der Waals surface area contributed by atoms with Crippen LogP contribution in [-0.2, 0) is 4.79 Å². The van der Waals surface area contributed by atoms with Gasteiger partial charge in [0.2, 0.25) is 5.91 Å². The van der Waals surface area contributed by atoms with E-state index in [2.05, 4.69) is 10.6 Å². The molecule has 20 heavy (non-hydrogen) atoms. The molecule has 4 heteroatoms. The normalized spacial score (nSPS) is 29.1. The van der Waals surface area contributed by atoms with Crippen LogP contribution < -0.4 is 10.6 Å². The van der Waals surface area contributed by atoms with E-state index in [1.807, 2.05) is 24.3 Å². The first-order valence-electron chi connectivity index (χ1n) is 7.57. The van der Waals surface area contributed by atoms with Gasteiger partial charge >= 0.3 is 0 Å². The lowest BCUT2D eigenvalue weighted by Gasteiger charge is -2.31. The molecule has 3 rings (SSSR count). The molecule has 0 spiro atoms. The first kappa shape index (κ1) is 13.4. The van der Waals surface area contributed by atoms with E-state index >= 15 is 0 Å². The van der Waals surface area contributed by atoms with Gasteiger partial charge in [-0.25, -0.2) is 0 Å². The number of hydrogen-bond acceptors (Lipinski definition) is 3. The summed E-state index contributed by atoms with van der Waals surface area (Å²) in [6.45, 7) is 0.822. The fourth-order valence-corrected chi connectivity index (χ4v) is 3.30. The number of carbonyl (C=O) groups is 1. The van der Waals surface area contributed by atoms with Crippen molar-refractivity contribution in [2.24, 2.45) is 0 Å². The zero-order valence-electron chi connectivity index (χ0n) is 11.6. The van der Waals surface area contributed by atoms with Crippen LogP contribution in [0, 0.1) is 0 Å². The molecule has 1 fully saturated rings. The summed E-state index contributed by atoms with van der Waals surface area (Å²) in [5, 5.41) is 16.4. The highest BCUT2D eigenvalue weighted by Gasteiger charge is 2.30. The Labute approximate surface area is 119 Å². The monoisotopic (exact) mass is 274 g/mol. The van der Waals surface area contributed by atoms with Gasteiger partial charge in [0, 0.05) is 12.2 Å². The molecular weight excluding hydrogens is 252 g/mol. The molecular formula is C16H22N2O2. The predicted octanol–water partition coefficient (Wildman–Crippen LogP) is 2.01. The SMILES string of the molecule is O=C(N[C@@H]1CCCC[C@H]1O)C1CCNc2ccccc21. The first-order valence-corrected chi connectivity index (χ1v) is 7.57. The standard InChI is InChI=1S/C16H22N2O2/c19-15-8-4-3-7-14(15)18-16(20)12-9-10-17-13-6-2-1-5-11(12)13/h1-2,5-6,12,14-15,17,19H,3-4,7-10H2,(H,18,20)/t12?,14-,15-/m1/s1. The Kier molecular flexibility index (Phi) is 3.92. The molecule has 1 aromatic carbocycles. The lowest BCUT2D eigenvalue weighted by atomic mass is 9.88. The van der Waals surface area contributed by atoms with Crippen LogP contribution >= 0.6 is 0 Å². The highest BCUT2D eigenvalue weighted by Crippen LogP contribution is 2.31. The molecule has 108 valence electrons. The number of nitrogens with one attached hydrogen (secondary N) is 2. The molecule has 0 saturated heterocycles.